The van der Waals surface area contributed by atoms with Crippen molar-refractivity contribution in [2.24, 2.45) is 0 Å². The lowest BCUT2D eigenvalue weighted by atomic mass is 10.2. The molecule has 0 radical (unpaired) electrons. The number of halogens is 1. The third kappa shape index (κ3) is 4.84. The Morgan fingerprint density at radius 2 is 1.76 bits per heavy atom. The van der Waals surface area contributed by atoms with Gasteiger partial charge in [-0.25, -0.2) is 9.97 Å². The van der Waals surface area contributed by atoms with E-state index in [0.29, 0.717) is 5.92 Å². The maximum atomic E-state index is 4.59. The molecular weight excluding hydrogens is 375 g/mol. The van der Waals surface area contributed by atoms with Crippen molar-refractivity contribution in [3.8, 4) is 0 Å². The van der Waals surface area contributed by atoms with Crippen LogP contribution in [0.4, 0.5) is 17.3 Å². The summed E-state index contributed by atoms with van der Waals surface area (Å²) in [6.45, 7) is 7.26. The second-order valence-electron chi connectivity index (χ2n) is 5.21. The van der Waals surface area contributed by atoms with E-state index < -0.39 is 0 Å². The molecule has 0 unspecified atom stereocenters. The Morgan fingerprint density at radius 1 is 1.10 bits per heavy atom. The van der Waals surface area contributed by atoms with E-state index in [-0.39, 0.29) is 0 Å². The number of hydrogen-bond donors (Lipinski definition) is 2. The first-order valence-electron chi connectivity index (χ1n) is 7.24. The molecule has 0 saturated carbocycles. The molecule has 4 nitrogen and oxygen atoms in total. The van der Waals surface area contributed by atoms with Crippen LogP contribution in [0.3, 0.4) is 0 Å². The highest BCUT2D eigenvalue weighted by Crippen LogP contribution is 2.21. The summed E-state index contributed by atoms with van der Waals surface area (Å²) in [5, 5.41) is 6.68. The van der Waals surface area contributed by atoms with Gasteiger partial charge in [0.05, 0.1) is 0 Å². The van der Waals surface area contributed by atoms with E-state index in [1.165, 1.54) is 3.57 Å². The number of rotatable bonds is 6. The van der Waals surface area contributed by atoms with Crippen LogP contribution in [-0.2, 0) is 0 Å². The van der Waals surface area contributed by atoms with E-state index in [1.54, 1.807) is 0 Å². The molecule has 2 N–H and O–H groups in total. The summed E-state index contributed by atoms with van der Waals surface area (Å²) in [4.78, 5) is 9.16. The number of anilines is 3. The maximum Gasteiger partial charge on any atom is 0.136 e. The Labute approximate surface area is 139 Å². The van der Waals surface area contributed by atoms with Crippen molar-refractivity contribution in [1.82, 2.24) is 9.97 Å². The number of hydrogen-bond acceptors (Lipinski definition) is 4. The van der Waals surface area contributed by atoms with E-state index in [9.17, 15) is 0 Å². The van der Waals surface area contributed by atoms with Gasteiger partial charge in [-0.05, 0) is 53.3 Å². The Kier molecular flexibility index (Phi) is 5.78. The molecule has 0 bridgehead atoms. The van der Waals surface area contributed by atoms with Gasteiger partial charge in [-0.15, -0.1) is 0 Å². The van der Waals surface area contributed by atoms with E-state index >= 15 is 0 Å². The van der Waals surface area contributed by atoms with Crippen molar-refractivity contribution in [1.29, 1.82) is 0 Å². The third-order valence-corrected chi connectivity index (χ3v) is 3.65. The first kappa shape index (κ1) is 16.0. The molecule has 0 spiro atoms. The molecule has 2 aromatic rings. The van der Waals surface area contributed by atoms with Gasteiger partial charge in [-0.3, -0.25) is 0 Å². The summed E-state index contributed by atoms with van der Waals surface area (Å²) in [5.41, 5.74) is 1.03. The predicted octanol–water partition coefficient (Wildman–Crippen LogP) is 4.77. The van der Waals surface area contributed by atoms with Crippen LogP contribution in [0.1, 0.15) is 38.9 Å². The zero-order valence-corrected chi connectivity index (χ0v) is 14.8. The highest BCUT2D eigenvalue weighted by atomic mass is 127. The fraction of sp³-hybridized carbons (Fsp3) is 0.375. The van der Waals surface area contributed by atoms with Crippen LogP contribution in [0.25, 0.3) is 0 Å². The van der Waals surface area contributed by atoms with Crippen LogP contribution in [0, 0.1) is 3.57 Å². The van der Waals surface area contributed by atoms with Crippen LogP contribution >= 0.6 is 22.6 Å². The van der Waals surface area contributed by atoms with Gasteiger partial charge in [-0.1, -0.05) is 20.8 Å². The first-order valence-corrected chi connectivity index (χ1v) is 8.31. The first-order chi connectivity index (χ1) is 10.1. The van der Waals surface area contributed by atoms with Gasteiger partial charge in [0.15, 0.2) is 0 Å². The SMILES string of the molecule is CCCNc1cc(Nc2ccc(I)cc2)nc(C(C)C)n1. The molecule has 0 aliphatic rings. The lowest BCUT2D eigenvalue weighted by molar-refractivity contribution is 0.775. The molecule has 21 heavy (non-hydrogen) atoms. The van der Waals surface area contributed by atoms with E-state index in [0.717, 1.165) is 36.1 Å². The molecule has 0 atom stereocenters. The summed E-state index contributed by atoms with van der Waals surface area (Å²) in [6.07, 6.45) is 1.07. The fourth-order valence-corrected chi connectivity index (χ4v) is 2.17. The van der Waals surface area contributed by atoms with Gasteiger partial charge in [0.1, 0.15) is 17.5 Å². The van der Waals surface area contributed by atoms with Crippen LogP contribution in [0.5, 0.6) is 0 Å². The minimum Gasteiger partial charge on any atom is -0.370 e. The highest BCUT2D eigenvalue weighted by molar-refractivity contribution is 14.1. The summed E-state index contributed by atoms with van der Waals surface area (Å²) in [5.74, 6) is 2.85. The zero-order chi connectivity index (χ0) is 15.2. The maximum absolute atomic E-state index is 4.59. The number of aromatic nitrogens is 2. The lowest BCUT2D eigenvalue weighted by Gasteiger charge is -2.12. The molecule has 1 aromatic heterocycles. The number of nitrogens with one attached hydrogen (secondary N) is 2. The standard InChI is InChI=1S/C16H21IN4/c1-4-9-18-14-10-15(21-16(20-14)11(2)3)19-13-7-5-12(17)6-8-13/h5-8,10-11H,4,9H2,1-3H3,(H2,18,19,20,21). The normalized spacial score (nSPS) is 10.7. The van der Waals surface area contributed by atoms with E-state index in [2.05, 4.69) is 88.2 Å². The summed E-state index contributed by atoms with van der Waals surface area (Å²) >= 11 is 2.30. The monoisotopic (exact) mass is 396 g/mol. The van der Waals surface area contributed by atoms with Crippen molar-refractivity contribution in [2.45, 2.75) is 33.1 Å². The Balaban J connectivity index is 2.24. The smallest absolute Gasteiger partial charge is 0.136 e. The second-order valence-corrected chi connectivity index (χ2v) is 6.46. The van der Waals surface area contributed by atoms with Crippen molar-refractivity contribution < 1.29 is 0 Å². The lowest BCUT2D eigenvalue weighted by Crippen LogP contribution is -2.08. The zero-order valence-electron chi connectivity index (χ0n) is 12.7. The second kappa shape index (κ2) is 7.59. The van der Waals surface area contributed by atoms with Gasteiger partial charge in [0.2, 0.25) is 0 Å². The average Bonchev–Trinajstić information content (AvgIpc) is 2.47. The topological polar surface area (TPSA) is 49.8 Å². The van der Waals surface area contributed by atoms with Crippen LogP contribution in [-0.4, -0.2) is 16.5 Å². The van der Waals surface area contributed by atoms with Crippen molar-refractivity contribution in [2.75, 3.05) is 17.2 Å². The molecule has 0 amide bonds. The Hall–Kier alpha value is -1.37. The van der Waals surface area contributed by atoms with Gasteiger partial charge in [0, 0.05) is 27.8 Å². The molecule has 1 aromatic carbocycles. The average molecular weight is 396 g/mol. The largest absolute Gasteiger partial charge is 0.370 e. The van der Waals surface area contributed by atoms with Gasteiger partial charge in [0.25, 0.3) is 0 Å². The molecule has 5 heteroatoms. The van der Waals surface area contributed by atoms with Crippen LogP contribution in [0.15, 0.2) is 30.3 Å². The number of benzene rings is 1. The summed E-state index contributed by atoms with van der Waals surface area (Å²) in [6, 6.07) is 10.2. The van der Waals surface area contributed by atoms with Crippen LogP contribution in [0.2, 0.25) is 0 Å². The van der Waals surface area contributed by atoms with Crippen molar-refractivity contribution in [3.05, 3.63) is 39.7 Å². The molecule has 0 fully saturated rings. The predicted molar refractivity (Wildman–Crippen MR) is 97.3 cm³/mol. The molecule has 112 valence electrons. The molecular formula is C16H21IN4. The van der Waals surface area contributed by atoms with Crippen molar-refractivity contribution >= 4 is 39.9 Å². The van der Waals surface area contributed by atoms with E-state index in [1.807, 2.05) is 6.07 Å². The van der Waals surface area contributed by atoms with Crippen molar-refractivity contribution in [3.63, 3.8) is 0 Å². The number of nitrogens with zero attached hydrogens (tertiary/aromatic N) is 2. The third-order valence-electron chi connectivity index (χ3n) is 2.93. The molecule has 0 aliphatic carbocycles. The molecule has 0 aliphatic heterocycles. The Morgan fingerprint density at radius 3 is 2.38 bits per heavy atom. The highest BCUT2D eigenvalue weighted by Gasteiger charge is 2.08. The Bertz CT molecular complexity index is 581. The molecule has 0 saturated heterocycles. The fourth-order valence-electron chi connectivity index (χ4n) is 1.81. The molecule has 1 heterocycles. The minimum atomic E-state index is 0.297. The van der Waals surface area contributed by atoms with Gasteiger partial charge in [-0.2, -0.15) is 0 Å². The van der Waals surface area contributed by atoms with E-state index in [4.69, 9.17) is 0 Å². The minimum absolute atomic E-state index is 0.297. The molecule has 2 rings (SSSR count). The van der Waals surface area contributed by atoms with Gasteiger partial charge >= 0.3 is 0 Å². The van der Waals surface area contributed by atoms with Crippen LogP contribution < -0.4 is 10.6 Å². The summed E-state index contributed by atoms with van der Waals surface area (Å²) < 4.78 is 1.22. The van der Waals surface area contributed by atoms with Gasteiger partial charge < -0.3 is 10.6 Å². The summed E-state index contributed by atoms with van der Waals surface area (Å²) in [7, 11) is 0. The quantitative estimate of drug-likeness (QED) is 0.691.